The number of nitrogens with zero attached hydrogens (tertiary/aromatic N) is 1. The number of hydrogen-bond acceptors (Lipinski definition) is 3. The molecular weight excluding hydrogens is 250 g/mol. The van der Waals surface area contributed by atoms with Crippen LogP contribution in [0.15, 0.2) is 0 Å². The third kappa shape index (κ3) is 5.65. The molecule has 1 saturated heterocycles. The summed E-state index contributed by atoms with van der Waals surface area (Å²) in [6.45, 7) is 7.16. The van der Waals surface area contributed by atoms with Crippen molar-refractivity contribution in [1.82, 2.24) is 14.3 Å². The van der Waals surface area contributed by atoms with Crippen LogP contribution in [0.25, 0.3) is 0 Å². The quantitative estimate of drug-likeness (QED) is 0.790. The highest BCUT2D eigenvalue weighted by molar-refractivity contribution is 7.87. The normalized spacial score (nSPS) is 22.4. The lowest BCUT2D eigenvalue weighted by atomic mass is 10.0. The maximum absolute atomic E-state index is 12.0. The molecule has 0 radical (unpaired) electrons. The summed E-state index contributed by atoms with van der Waals surface area (Å²) in [5.41, 5.74) is -0.434. The van der Waals surface area contributed by atoms with E-state index in [0.717, 1.165) is 19.4 Å². The van der Waals surface area contributed by atoms with E-state index in [1.54, 1.807) is 7.05 Å². The molecule has 1 aliphatic heterocycles. The lowest BCUT2D eigenvalue weighted by Gasteiger charge is -2.28. The summed E-state index contributed by atoms with van der Waals surface area (Å²) in [5.74, 6) is 0. The number of hydrogen-bond donors (Lipinski definition) is 2. The first kappa shape index (κ1) is 15.9. The number of piperidine rings is 1. The van der Waals surface area contributed by atoms with Crippen LogP contribution in [0.5, 0.6) is 0 Å². The smallest absolute Gasteiger partial charge is 0.279 e. The second kappa shape index (κ2) is 6.32. The molecule has 0 amide bonds. The minimum atomic E-state index is -3.36. The highest BCUT2D eigenvalue weighted by Gasteiger charge is 2.24. The first-order valence-electron chi connectivity index (χ1n) is 6.69. The van der Waals surface area contributed by atoms with Crippen molar-refractivity contribution in [3.05, 3.63) is 0 Å². The van der Waals surface area contributed by atoms with Gasteiger partial charge in [0.05, 0.1) is 0 Å². The first-order chi connectivity index (χ1) is 8.21. The summed E-state index contributed by atoms with van der Waals surface area (Å²) in [6, 6.07) is 0.464. The molecule has 0 aromatic rings. The maximum atomic E-state index is 12.0. The second-order valence-corrected chi connectivity index (χ2v) is 7.89. The van der Waals surface area contributed by atoms with E-state index in [2.05, 4.69) is 10.0 Å². The predicted octanol–water partition coefficient (Wildman–Crippen LogP) is 1.08. The van der Waals surface area contributed by atoms with Gasteiger partial charge < -0.3 is 5.32 Å². The Morgan fingerprint density at radius 1 is 1.33 bits per heavy atom. The molecule has 1 atom stereocenters. The van der Waals surface area contributed by atoms with E-state index in [1.165, 1.54) is 17.1 Å². The van der Waals surface area contributed by atoms with Gasteiger partial charge in [0.15, 0.2) is 0 Å². The lowest BCUT2D eigenvalue weighted by molar-refractivity contribution is 0.346. The van der Waals surface area contributed by atoms with E-state index >= 15 is 0 Å². The first-order valence-corrected chi connectivity index (χ1v) is 8.13. The van der Waals surface area contributed by atoms with Crippen LogP contribution < -0.4 is 10.0 Å². The summed E-state index contributed by atoms with van der Waals surface area (Å²) < 4.78 is 28.1. The molecule has 5 nitrogen and oxygen atoms in total. The fraction of sp³-hybridized carbons (Fsp3) is 1.00. The Kier molecular flexibility index (Phi) is 5.58. The van der Waals surface area contributed by atoms with Crippen LogP contribution in [0.4, 0.5) is 0 Å². The largest absolute Gasteiger partial charge is 0.314 e. The van der Waals surface area contributed by atoms with E-state index in [4.69, 9.17) is 0 Å². The molecule has 1 rings (SSSR count). The van der Waals surface area contributed by atoms with Crippen LogP contribution in [0.3, 0.4) is 0 Å². The SMILES string of the molecule is CN(CCC1CCCCN1)S(=O)(=O)NC(C)(C)C. The molecule has 1 aliphatic rings. The van der Waals surface area contributed by atoms with Crippen LogP contribution in [0, 0.1) is 0 Å². The van der Waals surface area contributed by atoms with Gasteiger partial charge in [-0.3, -0.25) is 0 Å². The monoisotopic (exact) mass is 277 g/mol. The fourth-order valence-corrected chi connectivity index (χ4v) is 3.37. The van der Waals surface area contributed by atoms with Crippen LogP contribution in [-0.2, 0) is 10.2 Å². The van der Waals surface area contributed by atoms with Gasteiger partial charge in [0.2, 0.25) is 0 Å². The highest BCUT2D eigenvalue weighted by atomic mass is 32.2. The number of nitrogens with one attached hydrogen (secondary N) is 2. The Hall–Kier alpha value is -0.170. The Morgan fingerprint density at radius 3 is 2.50 bits per heavy atom. The molecular formula is C12H27N3O2S. The van der Waals surface area contributed by atoms with Gasteiger partial charge in [0, 0.05) is 25.2 Å². The van der Waals surface area contributed by atoms with Crippen molar-refractivity contribution in [1.29, 1.82) is 0 Å². The lowest BCUT2D eigenvalue weighted by Crippen LogP contribution is -2.48. The molecule has 6 heteroatoms. The van der Waals surface area contributed by atoms with E-state index in [0.29, 0.717) is 12.6 Å². The van der Waals surface area contributed by atoms with Crippen molar-refractivity contribution in [2.24, 2.45) is 0 Å². The van der Waals surface area contributed by atoms with Crippen LogP contribution in [-0.4, -0.2) is 44.4 Å². The average Bonchev–Trinajstić information content (AvgIpc) is 2.24. The molecule has 1 heterocycles. The molecule has 1 fully saturated rings. The van der Waals surface area contributed by atoms with Gasteiger partial charge >= 0.3 is 0 Å². The molecule has 0 aromatic carbocycles. The van der Waals surface area contributed by atoms with Gasteiger partial charge in [-0.25, -0.2) is 0 Å². The Bertz CT molecular complexity index is 343. The van der Waals surface area contributed by atoms with Gasteiger partial charge in [0.25, 0.3) is 10.2 Å². The third-order valence-corrected chi connectivity index (χ3v) is 4.92. The van der Waals surface area contributed by atoms with Gasteiger partial charge in [-0.1, -0.05) is 6.42 Å². The standard InChI is InChI=1S/C12H27N3O2S/c1-12(2,3)14-18(16,17)15(4)10-8-11-7-5-6-9-13-11/h11,13-14H,5-10H2,1-4H3. The second-order valence-electron chi connectivity index (χ2n) is 6.11. The summed E-state index contributed by atoms with van der Waals surface area (Å²) in [7, 11) is -1.73. The molecule has 108 valence electrons. The summed E-state index contributed by atoms with van der Waals surface area (Å²) in [4.78, 5) is 0. The van der Waals surface area contributed by atoms with Crippen molar-refractivity contribution in [3.8, 4) is 0 Å². The van der Waals surface area contributed by atoms with E-state index in [-0.39, 0.29) is 0 Å². The highest BCUT2D eigenvalue weighted by Crippen LogP contribution is 2.12. The van der Waals surface area contributed by atoms with Crippen molar-refractivity contribution < 1.29 is 8.42 Å². The fourth-order valence-electron chi connectivity index (χ4n) is 2.09. The van der Waals surface area contributed by atoms with E-state index in [1.807, 2.05) is 20.8 Å². The molecule has 0 aromatic heterocycles. The van der Waals surface area contributed by atoms with E-state index in [9.17, 15) is 8.42 Å². The van der Waals surface area contributed by atoms with E-state index < -0.39 is 15.7 Å². The average molecular weight is 277 g/mol. The molecule has 0 saturated carbocycles. The molecule has 0 aliphatic carbocycles. The van der Waals surface area contributed by atoms with Crippen LogP contribution in [0.2, 0.25) is 0 Å². The predicted molar refractivity (Wildman–Crippen MR) is 74.7 cm³/mol. The van der Waals surface area contributed by atoms with Gasteiger partial charge in [-0.2, -0.15) is 17.4 Å². The third-order valence-electron chi connectivity index (χ3n) is 3.05. The van der Waals surface area contributed by atoms with Crippen LogP contribution >= 0.6 is 0 Å². The topological polar surface area (TPSA) is 61.4 Å². The zero-order chi connectivity index (χ0) is 13.8. The van der Waals surface area contributed by atoms with Gasteiger partial charge in [-0.05, 0) is 46.6 Å². The zero-order valence-corrected chi connectivity index (χ0v) is 12.8. The van der Waals surface area contributed by atoms with Crippen molar-refractivity contribution in [2.45, 2.75) is 58.0 Å². The molecule has 0 bridgehead atoms. The maximum Gasteiger partial charge on any atom is 0.279 e. The molecule has 0 spiro atoms. The molecule has 1 unspecified atom stereocenters. The van der Waals surface area contributed by atoms with Crippen molar-refractivity contribution in [3.63, 3.8) is 0 Å². The number of rotatable bonds is 5. The summed E-state index contributed by atoms with van der Waals surface area (Å²) in [6.07, 6.45) is 4.51. The molecule has 2 N–H and O–H groups in total. The Morgan fingerprint density at radius 2 is 2.00 bits per heavy atom. The minimum Gasteiger partial charge on any atom is -0.314 e. The Labute approximate surface area is 112 Å². The van der Waals surface area contributed by atoms with Gasteiger partial charge in [-0.15, -0.1) is 0 Å². The summed E-state index contributed by atoms with van der Waals surface area (Å²) >= 11 is 0. The van der Waals surface area contributed by atoms with Crippen molar-refractivity contribution in [2.75, 3.05) is 20.1 Å². The zero-order valence-electron chi connectivity index (χ0n) is 12.0. The summed E-state index contributed by atoms with van der Waals surface area (Å²) in [5, 5.41) is 3.43. The van der Waals surface area contributed by atoms with Crippen molar-refractivity contribution >= 4 is 10.2 Å². The Balaban J connectivity index is 2.41. The van der Waals surface area contributed by atoms with Gasteiger partial charge in [0.1, 0.15) is 0 Å². The van der Waals surface area contributed by atoms with Crippen LogP contribution in [0.1, 0.15) is 46.5 Å². The molecule has 18 heavy (non-hydrogen) atoms. The minimum absolute atomic E-state index is 0.434.